The molecule has 3 heterocycles. The van der Waals surface area contributed by atoms with Crippen molar-refractivity contribution in [1.29, 1.82) is 0 Å². The monoisotopic (exact) mass is 387 g/mol. The lowest BCUT2D eigenvalue weighted by Gasteiger charge is -2.07. The Morgan fingerprint density at radius 3 is 2.73 bits per heavy atom. The number of hydrazine groups is 1. The second kappa shape index (κ2) is 6.77. The minimum absolute atomic E-state index is 0.133. The Kier molecular flexibility index (Phi) is 4.31. The number of carbonyl (C=O) groups is 2. The summed E-state index contributed by atoms with van der Waals surface area (Å²) < 4.78 is 10.4. The third-order valence-electron chi connectivity index (χ3n) is 3.70. The van der Waals surface area contributed by atoms with Gasteiger partial charge in [-0.15, -0.1) is 11.3 Å². The first kappa shape index (κ1) is 16.6. The molecule has 1 aromatic carbocycles. The third-order valence-corrected chi connectivity index (χ3v) is 5.58. The Bertz CT molecular complexity index is 982. The Morgan fingerprint density at radius 1 is 1.12 bits per heavy atom. The molecule has 0 aliphatic carbocycles. The average molecular weight is 387 g/mol. The van der Waals surface area contributed by atoms with Crippen molar-refractivity contribution in [3.8, 4) is 22.1 Å². The zero-order chi connectivity index (χ0) is 18.1. The first-order valence-electron chi connectivity index (χ1n) is 7.62. The average Bonchev–Trinajstić information content (AvgIpc) is 3.38. The summed E-state index contributed by atoms with van der Waals surface area (Å²) in [5, 5.41) is 4.70. The first-order chi connectivity index (χ1) is 12.6. The lowest BCUT2D eigenvalue weighted by molar-refractivity contribution is 0.0848. The minimum atomic E-state index is -0.447. The van der Waals surface area contributed by atoms with Gasteiger partial charge in [-0.3, -0.25) is 20.4 Å². The van der Waals surface area contributed by atoms with E-state index in [1.165, 1.54) is 11.3 Å². The number of nitrogens with zero attached hydrogens (tertiary/aromatic N) is 1. The molecule has 0 bridgehead atoms. The molecule has 0 atom stereocenters. The molecule has 2 amide bonds. The van der Waals surface area contributed by atoms with Crippen LogP contribution in [0.25, 0.3) is 10.6 Å². The lowest BCUT2D eigenvalue weighted by atomic mass is 10.2. The smallest absolute Gasteiger partial charge is 0.281 e. The number of hydrogen-bond acceptors (Lipinski definition) is 7. The molecular formula is C17H13N3O4S2. The van der Waals surface area contributed by atoms with E-state index in [1.807, 2.05) is 16.8 Å². The molecule has 7 nitrogen and oxygen atoms in total. The number of thiazole rings is 1. The van der Waals surface area contributed by atoms with Crippen molar-refractivity contribution in [3.63, 3.8) is 0 Å². The van der Waals surface area contributed by atoms with E-state index < -0.39 is 11.8 Å². The largest absolute Gasteiger partial charge is 0.454 e. The number of hydrogen-bond donors (Lipinski definition) is 2. The number of ether oxygens (including phenoxy) is 2. The van der Waals surface area contributed by atoms with Crippen molar-refractivity contribution in [2.45, 2.75) is 6.92 Å². The number of nitrogens with one attached hydrogen (secondary N) is 2. The Morgan fingerprint density at radius 2 is 1.92 bits per heavy atom. The van der Waals surface area contributed by atoms with Crippen LogP contribution in [0, 0.1) is 6.92 Å². The SMILES string of the molecule is Cc1nc(-c2ccsc2)sc1C(=O)NNC(=O)c1ccc2c(c1)OCO2. The maximum atomic E-state index is 12.4. The molecule has 0 fully saturated rings. The molecule has 4 rings (SSSR count). The van der Waals surface area contributed by atoms with E-state index in [1.54, 1.807) is 36.5 Å². The number of amides is 2. The van der Waals surface area contributed by atoms with Gasteiger partial charge in [0, 0.05) is 16.5 Å². The standard InChI is InChI=1S/C17H13N3O4S2/c1-9-14(26-17(18-9)11-4-5-25-7-11)16(22)20-19-15(21)10-2-3-12-13(6-10)24-8-23-12/h2-7H,8H2,1H3,(H,19,21)(H,20,22). The zero-order valence-corrected chi connectivity index (χ0v) is 15.2. The van der Waals surface area contributed by atoms with Crippen LogP contribution in [0.5, 0.6) is 11.5 Å². The fourth-order valence-electron chi connectivity index (χ4n) is 2.40. The molecule has 0 spiro atoms. The maximum Gasteiger partial charge on any atom is 0.281 e. The highest BCUT2D eigenvalue weighted by atomic mass is 32.1. The first-order valence-corrected chi connectivity index (χ1v) is 9.38. The summed E-state index contributed by atoms with van der Waals surface area (Å²) in [7, 11) is 0. The van der Waals surface area contributed by atoms with Gasteiger partial charge in [0.2, 0.25) is 6.79 Å². The molecule has 26 heavy (non-hydrogen) atoms. The van der Waals surface area contributed by atoms with Crippen LogP contribution in [-0.4, -0.2) is 23.6 Å². The van der Waals surface area contributed by atoms with Gasteiger partial charge in [-0.25, -0.2) is 4.98 Å². The lowest BCUT2D eigenvalue weighted by Crippen LogP contribution is -2.41. The normalized spacial score (nSPS) is 12.0. The van der Waals surface area contributed by atoms with Crippen molar-refractivity contribution >= 4 is 34.5 Å². The second-order valence-corrected chi connectivity index (χ2v) is 7.20. The quantitative estimate of drug-likeness (QED) is 0.675. The van der Waals surface area contributed by atoms with E-state index >= 15 is 0 Å². The molecule has 0 unspecified atom stereocenters. The van der Waals surface area contributed by atoms with Gasteiger partial charge in [0.1, 0.15) is 9.88 Å². The Labute approximate surface area is 156 Å². The van der Waals surface area contributed by atoms with Crippen molar-refractivity contribution in [3.05, 3.63) is 51.2 Å². The highest BCUT2D eigenvalue weighted by Crippen LogP contribution is 2.32. The van der Waals surface area contributed by atoms with Crippen molar-refractivity contribution in [1.82, 2.24) is 15.8 Å². The number of thiophene rings is 1. The molecule has 2 aromatic heterocycles. The van der Waals surface area contributed by atoms with E-state index in [0.29, 0.717) is 27.6 Å². The van der Waals surface area contributed by atoms with Gasteiger partial charge >= 0.3 is 0 Å². The van der Waals surface area contributed by atoms with Crippen molar-refractivity contribution in [2.24, 2.45) is 0 Å². The zero-order valence-electron chi connectivity index (χ0n) is 13.6. The van der Waals surface area contributed by atoms with E-state index in [2.05, 4.69) is 15.8 Å². The summed E-state index contributed by atoms with van der Waals surface area (Å²) in [6.45, 7) is 1.90. The second-order valence-electron chi connectivity index (χ2n) is 5.42. The van der Waals surface area contributed by atoms with E-state index in [9.17, 15) is 9.59 Å². The van der Waals surface area contributed by atoms with Gasteiger partial charge in [-0.1, -0.05) is 0 Å². The molecule has 2 N–H and O–H groups in total. The molecule has 1 aliphatic heterocycles. The number of aromatic nitrogens is 1. The Balaban J connectivity index is 1.43. The van der Waals surface area contributed by atoms with Crippen LogP contribution in [0.15, 0.2) is 35.0 Å². The van der Waals surface area contributed by atoms with Crippen LogP contribution in [-0.2, 0) is 0 Å². The fraction of sp³-hybridized carbons (Fsp3) is 0.118. The third kappa shape index (κ3) is 3.14. The van der Waals surface area contributed by atoms with Crippen molar-refractivity contribution in [2.75, 3.05) is 6.79 Å². The summed E-state index contributed by atoms with van der Waals surface area (Å²) >= 11 is 2.85. The van der Waals surface area contributed by atoms with E-state index in [-0.39, 0.29) is 6.79 Å². The summed E-state index contributed by atoms with van der Waals surface area (Å²) in [6.07, 6.45) is 0. The van der Waals surface area contributed by atoms with E-state index in [4.69, 9.17) is 9.47 Å². The molecule has 9 heteroatoms. The number of rotatable bonds is 3. The molecule has 0 saturated heterocycles. The Hall–Kier alpha value is -2.91. The molecule has 3 aromatic rings. The minimum Gasteiger partial charge on any atom is -0.454 e. The summed E-state index contributed by atoms with van der Waals surface area (Å²) in [5.41, 5.74) is 6.78. The van der Waals surface area contributed by atoms with Crippen molar-refractivity contribution < 1.29 is 19.1 Å². The summed E-state index contributed by atoms with van der Waals surface area (Å²) in [4.78, 5) is 29.5. The number of carbonyl (C=O) groups excluding carboxylic acids is 2. The van der Waals surface area contributed by atoms with Crippen LogP contribution in [0.3, 0.4) is 0 Å². The van der Waals surface area contributed by atoms with Crippen LogP contribution < -0.4 is 20.3 Å². The van der Waals surface area contributed by atoms with Gasteiger partial charge in [-0.2, -0.15) is 11.3 Å². The van der Waals surface area contributed by atoms with Crippen LogP contribution in [0.1, 0.15) is 25.7 Å². The number of benzene rings is 1. The van der Waals surface area contributed by atoms with Crippen LogP contribution in [0.2, 0.25) is 0 Å². The number of fused-ring (bicyclic) bond motifs is 1. The molecular weight excluding hydrogens is 374 g/mol. The molecule has 0 saturated carbocycles. The van der Waals surface area contributed by atoms with Gasteiger partial charge in [-0.05, 0) is 36.6 Å². The predicted octanol–water partition coefficient (Wildman–Crippen LogP) is 2.98. The summed E-state index contributed by atoms with van der Waals surface area (Å²) in [6, 6.07) is 6.77. The predicted molar refractivity (Wildman–Crippen MR) is 97.7 cm³/mol. The van der Waals surface area contributed by atoms with Gasteiger partial charge in [0.15, 0.2) is 11.5 Å². The topological polar surface area (TPSA) is 89.6 Å². The van der Waals surface area contributed by atoms with Gasteiger partial charge < -0.3 is 9.47 Å². The van der Waals surface area contributed by atoms with Crippen LogP contribution >= 0.6 is 22.7 Å². The molecule has 1 aliphatic rings. The highest BCUT2D eigenvalue weighted by Gasteiger charge is 2.19. The van der Waals surface area contributed by atoms with Crippen LogP contribution in [0.4, 0.5) is 0 Å². The highest BCUT2D eigenvalue weighted by molar-refractivity contribution is 7.17. The van der Waals surface area contributed by atoms with Gasteiger partial charge in [0.25, 0.3) is 11.8 Å². The molecule has 0 radical (unpaired) electrons. The number of aryl methyl sites for hydroxylation is 1. The maximum absolute atomic E-state index is 12.4. The van der Waals surface area contributed by atoms with Gasteiger partial charge in [0.05, 0.1) is 5.69 Å². The molecule has 132 valence electrons. The van der Waals surface area contributed by atoms with E-state index in [0.717, 1.165) is 10.6 Å². The summed E-state index contributed by atoms with van der Waals surface area (Å²) in [5.74, 6) is 0.238. The fourth-order valence-corrected chi connectivity index (χ4v) is 4.07.